The molecule has 7 heteroatoms. The van der Waals surface area contributed by atoms with Gasteiger partial charge in [-0.3, -0.25) is 0 Å². The van der Waals surface area contributed by atoms with Crippen molar-refractivity contribution in [2.24, 2.45) is 5.73 Å². The highest BCUT2D eigenvalue weighted by atomic mass is 35.5. The number of benzene rings is 2. The number of aromatic nitrogens is 2. The zero-order valence-corrected chi connectivity index (χ0v) is 16.9. The number of hydrogen-bond acceptors (Lipinski definition) is 6. The molecule has 0 amide bonds. The molecule has 0 aliphatic heterocycles. The van der Waals surface area contributed by atoms with Crippen LogP contribution in [0.4, 0.5) is 0 Å². The minimum Gasteiger partial charge on any atom is -0.497 e. The second-order valence-corrected chi connectivity index (χ2v) is 7.32. The smallest absolute Gasteiger partial charge is 0.294 e. The van der Waals surface area contributed by atoms with Gasteiger partial charge in [0.2, 0.25) is 5.76 Å². The van der Waals surface area contributed by atoms with E-state index in [1.807, 2.05) is 48.5 Å². The Hall–Kier alpha value is -2.83. The van der Waals surface area contributed by atoms with Crippen LogP contribution in [0.2, 0.25) is 0 Å². The summed E-state index contributed by atoms with van der Waals surface area (Å²) in [4.78, 5) is 4.63. The van der Waals surface area contributed by atoms with Crippen LogP contribution < -0.4 is 10.5 Å². The van der Waals surface area contributed by atoms with Crippen LogP contribution in [0, 0.1) is 0 Å². The van der Waals surface area contributed by atoms with Crippen LogP contribution in [0.1, 0.15) is 31.5 Å². The molecule has 0 atom stereocenters. The largest absolute Gasteiger partial charge is 0.497 e. The first-order valence-corrected chi connectivity index (χ1v) is 9.47. The quantitative estimate of drug-likeness (QED) is 0.489. The van der Waals surface area contributed by atoms with Gasteiger partial charge in [-0.1, -0.05) is 48.3 Å². The summed E-state index contributed by atoms with van der Waals surface area (Å²) in [7, 11) is 1.63. The van der Waals surface area contributed by atoms with Gasteiger partial charge in [0.1, 0.15) is 11.3 Å². The summed E-state index contributed by atoms with van der Waals surface area (Å²) >= 11 is 0. The van der Waals surface area contributed by atoms with Crippen LogP contribution in [0.25, 0.3) is 33.7 Å². The Bertz CT molecular complexity index is 1130. The second kappa shape index (κ2) is 7.54. The van der Waals surface area contributed by atoms with E-state index in [0.717, 1.165) is 47.9 Å². The van der Waals surface area contributed by atoms with Crippen molar-refractivity contribution in [3.63, 3.8) is 0 Å². The van der Waals surface area contributed by atoms with E-state index in [-0.39, 0.29) is 12.4 Å². The first-order valence-electron chi connectivity index (χ1n) is 9.47. The van der Waals surface area contributed by atoms with Gasteiger partial charge in [-0.25, -0.2) is 0 Å². The van der Waals surface area contributed by atoms with Crippen LogP contribution in [0.3, 0.4) is 0 Å². The molecule has 2 aromatic heterocycles. The molecule has 0 unspecified atom stereocenters. The normalized spacial score (nSPS) is 15.4. The highest BCUT2D eigenvalue weighted by Gasteiger charge is 2.36. The van der Waals surface area contributed by atoms with E-state index < -0.39 is 5.54 Å². The predicted octanol–water partition coefficient (Wildman–Crippen LogP) is 5.31. The Morgan fingerprint density at radius 3 is 2.55 bits per heavy atom. The third kappa shape index (κ3) is 3.28. The van der Waals surface area contributed by atoms with E-state index in [1.165, 1.54) is 0 Å². The number of furan rings is 1. The van der Waals surface area contributed by atoms with Crippen molar-refractivity contribution in [3.8, 4) is 28.5 Å². The molecule has 0 spiro atoms. The fourth-order valence-electron chi connectivity index (χ4n) is 3.99. The van der Waals surface area contributed by atoms with Gasteiger partial charge in [-0.15, -0.1) is 12.4 Å². The summed E-state index contributed by atoms with van der Waals surface area (Å²) in [6, 6.07) is 15.8. The number of methoxy groups -OCH3 is 1. The topological polar surface area (TPSA) is 87.3 Å². The SMILES string of the molecule is COc1ccc2c(-c3ccccc3)c(-c3nc(C4(N)CCCC4)no3)oc2c1.Cl. The number of fused-ring (bicyclic) bond motifs is 1. The molecule has 0 radical (unpaired) electrons. The molecule has 150 valence electrons. The number of nitrogens with zero attached hydrogens (tertiary/aromatic N) is 2. The lowest BCUT2D eigenvalue weighted by Gasteiger charge is -2.17. The van der Waals surface area contributed by atoms with E-state index in [9.17, 15) is 0 Å². The van der Waals surface area contributed by atoms with Crippen molar-refractivity contribution >= 4 is 23.4 Å². The maximum atomic E-state index is 6.50. The number of rotatable bonds is 4. The van der Waals surface area contributed by atoms with Crippen LogP contribution in [0.15, 0.2) is 57.5 Å². The van der Waals surface area contributed by atoms with Crippen molar-refractivity contribution in [3.05, 3.63) is 54.4 Å². The van der Waals surface area contributed by atoms with Gasteiger partial charge in [0.15, 0.2) is 5.82 Å². The van der Waals surface area contributed by atoms with Crippen LogP contribution in [0.5, 0.6) is 5.75 Å². The molecule has 4 aromatic rings. The summed E-state index contributed by atoms with van der Waals surface area (Å²) in [6.45, 7) is 0. The molecule has 1 aliphatic rings. The van der Waals surface area contributed by atoms with Crippen molar-refractivity contribution in [2.75, 3.05) is 7.11 Å². The Morgan fingerprint density at radius 1 is 1.07 bits per heavy atom. The number of halogens is 1. The fourth-order valence-corrected chi connectivity index (χ4v) is 3.99. The van der Waals surface area contributed by atoms with Crippen molar-refractivity contribution < 1.29 is 13.7 Å². The molecule has 1 aliphatic carbocycles. The van der Waals surface area contributed by atoms with E-state index in [1.54, 1.807) is 7.11 Å². The highest BCUT2D eigenvalue weighted by molar-refractivity contribution is 6.01. The van der Waals surface area contributed by atoms with Crippen molar-refractivity contribution in [1.82, 2.24) is 10.1 Å². The summed E-state index contributed by atoms with van der Waals surface area (Å²) in [5, 5.41) is 5.15. The Kier molecular flexibility index (Phi) is 5.06. The van der Waals surface area contributed by atoms with Gasteiger partial charge in [0.05, 0.1) is 12.6 Å². The molecule has 2 aromatic carbocycles. The zero-order chi connectivity index (χ0) is 19.1. The number of hydrogen-bond donors (Lipinski definition) is 1. The maximum absolute atomic E-state index is 6.50. The number of nitrogens with two attached hydrogens (primary N) is 1. The summed E-state index contributed by atoms with van der Waals surface area (Å²) in [6.07, 6.45) is 3.91. The average molecular weight is 412 g/mol. The van der Waals surface area contributed by atoms with E-state index >= 15 is 0 Å². The molecule has 29 heavy (non-hydrogen) atoms. The number of ether oxygens (including phenoxy) is 1. The van der Waals surface area contributed by atoms with Gasteiger partial charge < -0.3 is 19.4 Å². The first-order chi connectivity index (χ1) is 13.7. The fraction of sp³-hybridized carbons (Fsp3) is 0.273. The summed E-state index contributed by atoms with van der Waals surface area (Å²) < 4.78 is 17.1. The van der Waals surface area contributed by atoms with Gasteiger partial charge in [0.25, 0.3) is 5.89 Å². The molecule has 1 saturated carbocycles. The molecule has 1 fully saturated rings. The van der Waals surface area contributed by atoms with Gasteiger partial charge in [0, 0.05) is 17.0 Å². The third-order valence-electron chi connectivity index (χ3n) is 5.52. The lowest BCUT2D eigenvalue weighted by Crippen LogP contribution is -2.34. The second-order valence-electron chi connectivity index (χ2n) is 7.32. The van der Waals surface area contributed by atoms with Crippen LogP contribution >= 0.6 is 12.4 Å². The molecule has 0 bridgehead atoms. The lowest BCUT2D eigenvalue weighted by atomic mass is 9.98. The predicted molar refractivity (Wildman–Crippen MR) is 113 cm³/mol. The van der Waals surface area contributed by atoms with Crippen molar-refractivity contribution in [2.45, 2.75) is 31.2 Å². The van der Waals surface area contributed by atoms with E-state index in [2.05, 4.69) is 10.1 Å². The Balaban J connectivity index is 0.00000205. The summed E-state index contributed by atoms with van der Waals surface area (Å²) in [5.41, 5.74) is 8.64. The third-order valence-corrected chi connectivity index (χ3v) is 5.52. The van der Waals surface area contributed by atoms with Gasteiger partial charge in [-0.2, -0.15) is 4.98 Å². The van der Waals surface area contributed by atoms with Crippen LogP contribution in [-0.4, -0.2) is 17.3 Å². The van der Waals surface area contributed by atoms with E-state index in [0.29, 0.717) is 23.1 Å². The van der Waals surface area contributed by atoms with Crippen molar-refractivity contribution in [1.29, 1.82) is 0 Å². The molecule has 2 heterocycles. The minimum atomic E-state index is -0.510. The zero-order valence-electron chi connectivity index (χ0n) is 16.1. The molecule has 2 N–H and O–H groups in total. The van der Waals surface area contributed by atoms with Crippen LogP contribution in [-0.2, 0) is 5.54 Å². The Morgan fingerprint density at radius 2 is 1.83 bits per heavy atom. The summed E-state index contributed by atoms with van der Waals surface area (Å²) in [5.74, 6) is 2.18. The minimum absolute atomic E-state index is 0. The highest BCUT2D eigenvalue weighted by Crippen LogP contribution is 2.42. The maximum Gasteiger partial charge on any atom is 0.294 e. The Labute approximate surface area is 174 Å². The molecular formula is C22H22ClN3O3. The molecule has 6 nitrogen and oxygen atoms in total. The average Bonchev–Trinajstić information content (AvgIpc) is 3.46. The standard InChI is InChI=1S/C22H21N3O3.ClH/c1-26-15-9-10-16-17(13-15)27-19(18(16)14-7-3-2-4-8-14)20-24-21(25-28-20)22(23)11-5-6-12-22;/h2-4,7-10,13H,5-6,11-12,23H2,1H3;1H. The molecule has 0 saturated heterocycles. The monoisotopic (exact) mass is 411 g/mol. The van der Waals surface area contributed by atoms with E-state index in [4.69, 9.17) is 19.4 Å². The molecule has 5 rings (SSSR count). The first kappa shape index (κ1) is 19.5. The van der Waals surface area contributed by atoms with Gasteiger partial charge >= 0.3 is 0 Å². The molecular weight excluding hydrogens is 390 g/mol. The van der Waals surface area contributed by atoms with Gasteiger partial charge in [-0.05, 0) is 30.5 Å². The lowest BCUT2D eigenvalue weighted by molar-refractivity contribution is 0.369.